The number of nitrogens with one attached hydrogen (secondary N) is 2. The number of halogens is 1. The molecule has 1 aliphatic carbocycles. The molecule has 1 fully saturated rings. The summed E-state index contributed by atoms with van der Waals surface area (Å²) in [6, 6.07) is 11.2. The van der Waals surface area contributed by atoms with Crippen LogP contribution in [0, 0.1) is 11.7 Å². The number of benzene rings is 2. The van der Waals surface area contributed by atoms with Gasteiger partial charge in [-0.25, -0.2) is 9.18 Å². The number of hydrogen-bond donors (Lipinski definition) is 2. The number of carbonyl (C=O) groups is 3. The average Bonchev–Trinajstić information content (AvgIpc) is 3.53. The first-order chi connectivity index (χ1) is 14.5. The molecule has 0 bridgehead atoms. The number of esters is 1. The molecule has 0 saturated heterocycles. The van der Waals surface area contributed by atoms with Crippen LogP contribution in [-0.2, 0) is 20.9 Å². The first-order valence-corrected chi connectivity index (χ1v) is 9.52. The first-order valence-electron chi connectivity index (χ1n) is 9.52. The maximum atomic E-state index is 14.0. The second-order valence-corrected chi connectivity index (χ2v) is 7.19. The zero-order valence-electron chi connectivity index (χ0n) is 16.3. The van der Waals surface area contributed by atoms with Crippen molar-refractivity contribution in [2.45, 2.75) is 19.4 Å². The van der Waals surface area contributed by atoms with E-state index in [1.165, 1.54) is 25.3 Å². The number of hydrogen-bond acceptors (Lipinski definition) is 4. The van der Waals surface area contributed by atoms with Crippen molar-refractivity contribution in [2.75, 3.05) is 17.7 Å². The van der Waals surface area contributed by atoms with E-state index in [4.69, 9.17) is 4.74 Å². The Balaban J connectivity index is 1.51. The molecule has 0 aliphatic heterocycles. The van der Waals surface area contributed by atoms with Gasteiger partial charge in [0.25, 0.3) is 0 Å². The number of amides is 2. The lowest BCUT2D eigenvalue weighted by Gasteiger charge is -2.10. The Kier molecular flexibility index (Phi) is 5.22. The monoisotopic (exact) mass is 409 g/mol. The van der Waals surface area contributed by atoms with E-state index < -0.39 is 11.8 Å². The SMILES string of the molecule is COC(=O)c1cn(CC(=O)Nc2ccc(F)c(NC(=O)C3CC3)c2)c2ccccc12. The summed E-state index contributed by atoms with van der Waals surface area (Å²) in [5, 5.41) is 5.94. The van der Waals surface area contributed by atoms with Gasteiger partial charge in [-0.2, -0.15) is 0 Å². The molecule has 2 N–H and O–H groups in total. The summed E-state index contributed by atoms with van der Waals surface area (Å²) in [5.41, 5.74) is 1.47. The average molecular weight is 409 g/mol. The zero-order valence-corrected chi connectivity index (χ0v) is 16.3. The minimum absolute atomic E-state index is 0.0316. The van der Waals surface area contributed by atoms with Gasteiger partial charge in [-0.15, -0.1) is 0 Å². The highest BCUT2D eigenvalue weighted by Crippen LogP contribution is 2.31. The molecule has 0 atom stereocenters. The maximum absolute atomic E-state index is 14.0. The molecule has 1 aliphatic rings. The summed E-state index contributed by atoms with van der Waals surface area (Å²) in [6.45, 7) is -0.0569. The third-order valence-corrected chi connectivity index (χ3v) is 4.96. The number of ether oxygens (including phenoxy) is 1. The Bertz CT molecular complexity index is 1150. The molecule has 2 amide bonds. The van der Waals surface area contributed by atoms with Crippen molar-refractivity contribution in [3.63, 3.8) is 0 Å². The fraction of sp³-hybridized carbons (Fsp3) is 0.227. The summed E-state index contributed by atoms with van der Waals surface area (Å²) in [6.07, 6.45) is 3.19. The van der Waals surface area contributed by atoms with Crippen molar-refractivity contribution < 1.29 is 23.5 Å². The molecule has 154 valence electrons. The Morgan fingerprint density at radius 2 is 1.90 bits per heavy atom. The molecule has 1 heterocycles. The highest BCUT2D eigenvalue weighted by Gasteiger charge is 2.30. The predicted octanol–water partition coefficient (Wildman–Crippen LogP) is 3.55. The molecular weight excluding hydrogens is 389 g/mol. The molecule has 8 heteroatoms. The number of anilines is 2. The van der Waals surface area contributed by atoms with Crippen LogP contribution >= 0.6 is 0 Å². The number of para-hydroxylation sites is 1. The second-order valence-electron chi connectivity index (χ2n) is 7.19. The Morgan fingerprint density at radius 1 is 1.13 bits per heavy atom. The number of carbonyl (C=O) groups excluding carboxylic acids is 3. The quantitative estimate of drug-likeness (QED) is 0.610. The number of aromatic nitrogens is 1. The predicted molar refractivity (Wildman–Crippen MR) is 110 cm³/mol. The maximum Gasteiger partial charge on any atom is 0.340 e. The van der Waals surface area contributed by atoms with Gasteiger partial charge in [-0.3, -0.25) is 9.59 Å². The van der Waals surface area contributed by atoms with Crippen LogP contribution in [0.5, 0.6) is 0 Å². The standard InChI is InChI=1S/C22H20FN3O4/c1-30-22(29)16-11-26(19-5-3-2-4-15(16)19)12-20(27)24-14-8-9-17(23)18(10-14)25-21(28)13-6-7-13/h2-5,8-11,13H,6-7,12H2,1H3,(H,24,27)(H,25,28). The van der Waals surface area contributed by atoms with Crippen LogP contribution in [0.15, 0.2) is 48.7 Å². The summed E-state index contributed by atoms with van der Waals surface area (Å²) in [7, 11) is 1.30. The smallest absolute Gasteiger partial charge is 0.340 e. The molecule has 1 aromatic heterocycles. The van der Waals surface area contributed by atoms with Crippen LogP contribution in [0.3, 0.4) is 0 Å². The van der Waals surface area contributed by atoms with Crippen LogP contribution in [0.1, 0.15) is 23.2 Å². The van der Waals surface area contributed by atoms with Gasteiger partial charge >= 0.3 is 5.97 Å². The zero-order chi connectivity index (χ0) is 21.3. The summed E-state index contributed by atoms with van der Waals surface area (Å²) < 4.78 is 20.5. The molecule has 3 aromatic rings. The first kappa shape index (κ1) is 19.6. The number of rotatable bonds is 6. The second kappa shape index (κ2) is 7.98. The van der Waals surface area contributed by atoms with Crippen LogP contribution in [0.4, 0.5) is 15.8 Å². The third-order valence-electron chi connectivity index (χ3n) is 4.96. The topological polar surface area (TPSA) is 89.4 Å². The molecule has 0 unspecified atom stereocenters. The number of nitrogens with zero attached hydrogens (tertiary/aromatic N) is 1. The largest absolute Gasteiger partial charge is 0.465 e. The molecule has 30 heavy (non-hydrogen) atoms. The van der Waals surface area contributed by atoms with Crippen LogP contribution in [-0.4, -0.2) is 29.5 Å². The van der Waals surface area contributed by atoms with Gasteiger partial charge in [0, 0.05) is 28.7 Å². The van der Waals surface area contributed by atoms with Gasteiger partial charge in [-0.1, -0.05) is 18.2 Å². The lowest BCUT2D eigenvalue weighted by atomic mass is 10.2. The molecule has 7 nitrogen and oxygen atoms in total. The summed E-state index contributed by atoms with van der Waals surface area (Å²) in [4.78, 5) is 36.5. The fourth-order valence-corrected chi connectivity index (χ4v) is 3.28. The summed E-state index contributed by atoms with van der Waals surface area (Å²) >= 11 is 0. The minimum Gasteiger partial charge on any atom is -0.465 e. The van der Waals surface area contributed by atoms with Gasteiger partial charge in [0.15, 0.2) is 0 Å². The lowest BCUT2D eigenvalue weighted by molar-refractivity contribution is -0.117. The van der Waals surface area contributed by atoms with Crippen molar-refractivity contribution in [3.05, 3.63) is 60.0 Å². The van der Waals surface area contributed by atoms with Crippen LogP contribution in [0.2, 0.25) is 0 Å². The van der Waals surface area contributed by atoms with E-state index >= 15 is 0 Å². The van der Waals surface area contributed by atoms with Crippen molar-refractivity contribution in [3.8, 4) is 0 Å². The highest BCUT2D eigenvalue weighted by molar-refractivity contribution is 6.05. The highest BCUT2D eigenvalue weighted by atomic mass is 19.1. The van der Waals surface area contributed by atoms with Gasteiger partial charge in [0.1, 0.15) is 12.4 Å². The molecule has 0 radical (unpaired) electrons. The molecule has 0 spiro atoms. The van der Waals surface area contributed by atoms with E-state index in [-0.39, 0.29) is 30.0 Å². The molecule has 4 rings (SSSR count). The van der Waals surface area contributed by atoms with Crippen molar-refractivity contribution >= 4 is 40.1 Å². The van der Waals surface area contributed by atoms with E-state index in [2.05, 4.69) is 10.6 Å². The number of fused-ring (bicyclic) bond motifs is 1. The van der Waals surface area contributed by atoms with Gasteiger partial charge < -0.3 is 19.9 Å². The third kappa shape index (κ3) is 4.03. The van der Waals surface area contributed by atoms with Gasteiger partial charge in [-0.05, 0) is 37.1 Å². The molecule has 2 aromatic carbocycles. The van der Waals surface area contributed by atoms with Crippen molar-refractivity contribution in [2.24, 2.45) is 5.92 Å². The molecule has 1 saturated carbocycles. The minimum atomic E-state index is -0.568. The Morgan fingerprint density at radius 3 is 2.63 bits per heavy atom. The van der Waals surface area contributed by atoms with E-state index in [0.29, 0.717) is 22.2 Å². The fourth-order valence-electron chi connectivity index (χ4n) is 3.28. The number of methoxy groups -OCH3 is 1. The van der Waals surface area contributed by atoms with E-state index in [1.54, 1.807) is 29.0 Å². The van der Waals surface area contributed by atoms with E-state index in [1.807, 2.05) is 6.07 Å². The van der Waals surface area contributed by atoms with E-state index in [9.17, 15) is 18.8 Å². The van der Waals surface area contributed by atoms with Crippen molar-refractivity contribution in [1.29, 1.82) is 0 Å². The van der Waals surface area contributed by atoms with Crippen LogP contribution < -0.4 is 10.6 Å². The Labute approximate surface area is 171 Å². The van der Waals surface area contributed by atoms with E-state index in [0.717, 1.165) is 12.8 Å². The van der Waals surface area contributed by atoms with Crippen LogP contribution in [0.25, 0.3) is 10.9 Å². The van der Waals surface area contributed by atoms with Gasteiger partial charge in [0.2, 0.25) is 11.8 Å². The lowest BCUT2D eigenvalue weighted by Crippen LogP contribution is -2.19. The Hall–Kier alpha value is -3.68. The normalized spacial score (nSPS) is 13.1. The summed E-state index contributed by atoms with van der Waals surface area (Å²) in [5.74, 6) is -1.69. The molecular formula is C22H20FN3O4. The van der Waals surface area contributed by atoms with Gasteiger partial charge in [0.05, 0.1) is 18.4 Å². The van der Waals surface area contributed by atoms with Crippen molar-refractivity contribution in [1.82, 2.24) is 4.57 Å².